The molecule has 17 heteroatoms. The minimum Gasteiger partial charge on any atom is -0.482 e. The van der Waals surface area contributed by atoms with Gasteiger partial charge in [0.15, 0.2) is 22.7 Å². The Kier molecular flexibility index (Phi) is 13.1. The number of carbonyl (C=O) groups excluding carboxylic acids is 3. The number of carbonyl (C=O) groups is 3. The van der Waals surface area contributed by atoms with Gasteiger partial charge in [-0.1, -0.05) is 29.4 Å². The number of fused-ring (bicyclic) bond motifs is 3. The first-order chi connectivity index (χ1) is 34.1. The average molecular weight is 992 g/mol. The van der Waals surface area contributed by atoms with Crippen LogP contribution in [0, 0.1) is 35.0 Å². The molecule has 2 saturated heterocycles. The number of ketones is 1. The zero-order chi connectivity index (χ0) is 52.0. The summed E-state index contributed by atoms with van der Waals surface area (Å²) in [4.78, 5) is 43.2. The Morgan fingerprint density at radius 1 is 0.972 bits per heavy atom. The summed E-state index contributed by atoms with van der Waals surface area (Å²) in [5, 5.41) is 55.3. The maximum atomic E-state index is 15.6. The first-order valence-corrected chi connectivity index (χ1v) is 24.6. The molecular weight excluding hydrogens is 927 g/mol. The van der Waals surface area contributed by atoms with Crippen molar-refractivity contribution in [2.75, 3.05) is 13.7 Å². The van der Waals surface area contributed by atoms with Gasteiger partial charge in [-0.25, -0.2) is 9.59 Å². The lowest BCUT2D eigenvalue weighted by molar-refractivity contribution is -0.277. The van der Waals surface area contributed by atoms with E-state index in [0.717, 1.165) is 11.1 Å². The van der Waals surface area contributed by atoms with Crippen molar-refractivity contribution in [1.82, 2.24) is 5.32 Å². The molecule has 5 aliphatic heterocycles. The van der Waals surface area contributed by atoms with Crippen LogP contribution in [-0.2, 0) is 30.2 Å². The third kappa shape index (κ3) is 7.93. The van der Waals surface area contributed by atoms with Gasteiger partial charge in [-0.3, -0.25) is 4.79 Å². The van der Waals surface area contributed by atoms with Gasteiger partial charge in [0.25, 0.3) is 0 Å². The molecule has 3 aliphatic carbocycles. The molecule has 8 aliphatic rings. The maximum absolute atomic E-state index is 15.6. The topological polar surface area (TPSA) is 259 Å². The van der Waals surface area contributed by atoms with Crippen LogP contribution in [0.25, 0.3) is 6.08 Å². The van der Waals surface area contributed by atoms with Crippen LogP contribution in [0.3, 0.4) is 0 Å². The number of methoxy groups -OCH3 is 1. The predicted molar refractivity (Wildman–Crippen MR) is 260 cm³/mol. The Morgan fingerprint density at radius 2 is 1.68 bits per heavy atom. The summed E-state index contributed by atoms with van der Waals surface area (Å²) in [5.74, 6) is -3.08. The van der Waals surface area contributed by atoms with Gasteiger partial charge in [-0.2, -0.15) is 5.26 Å². The quantitative estimate of drug-likeness (QED) is 0.0628. The number of nitriles is 1. The number of rotatable bonds is 13. The first kappa shape index (κ1) is 50.9. The van der Waals surface area contributed by atoms with Crippen LogP contribution in [0.2, 0.25) is 0 Å². The minimum absolute atomic E-state index is 0.0383. The highest BCUT2D eigenvalue weighted by Gasteiger charge is 2.86. The SMILES string of the molecule is COC(=O)/C(C)=C\CC12OC(C)(C)C3CC(C1=O)C1C(C#N)=C(N)NC4c5c(OC(=O)c6ccc(O[C@H]7O[C@@H](CO)[C@H](O)[C@@H](O)[C@@H]7O)cc6)c6c(c(CC=C(C)C)c5OC32C41)OC(C)(CCC=C(C)C)C=C6. The number of aliphatic hydroxyl groups excluding tert-OH is 4. The Balaban J connectivity index is 1.24. The number of nitrogens with two attached hydrogens (primary N) is 1. The summed E-state index contributed by atoms with van der Waals surface area (Å²) < 4.78 is 45.2. The molecule has 0 radical (unpaired) electrons. The van der Waals surface area contributed by atoms with Crippen LogP contribution in [0.15, 0.2) is 76.7 Å². The number of aliphatic hydroxyl groups is 4. The molecule has 10 rings (SSSR count). The molecule has 1 spiro atoms. The molecule has 17 nitrogen and oxygen atoms in total. The molecule has 4 bridgehead atoms. The maximum Gasteiger partial charge on any atom is 0.343 e. The number of nitrogens with one attached hydrogen (secondary N) is 1. The van der Waals surface area contributed by atoms with E-state index in [4.69, 9.17) is 38.9 Å². The second-order valence-electron chi connectivity index (χ2n) is 21.5. The van der Waals surface area contributed by atoms with E-state index in [1.165, 1.54) is 31.4 Å². The molecule has 5 heterocycles. The number of esters is 2. The van der Waals surface area contributed by atoms with E-state index in [9.17, 15) is 35.3 Å². The molecule has 5 fully saturated rings. The van der Waals surface area contributed by atoms with E-state index >= 15 is 4.79 Å². The third-order valence-electron chi connectivity index (χ3n) is 15.9. The van der Waals surface area contributed by atoms with Crippen LogP contribution in [-0.4, -0.2) is 105 Å². The fourth-order valence-corrected chi connectivity index (χ4v) is 12.5. The van der Waals surface area contributed by atoms with Gasteiger partial charge < -0.3 is 64.6 Å². The lowest BCUT2D eigenvalue weighted by atomic mass is 9.41. The van der Waals surface area contributed by atoms with Crippen molar-refractivity contribution in [1.29, 1.82) is 5.26 Å². The smallest absolute Gasteiger partial charge is 0.343 e. The van der Waals surface area contributed by atoms with Crippen LogP contribution in [0.5, 0.6) is 23.0 Å². The molecule has 72 heavy (non-hydrogen) atoms. The van der Waals surface area contributed by atoms with Crippen molar-refractivity contribution in [2.45, 2.75) is 147 Å². The van der Waals surface area contributed by atoms with E-state index < -0.39 is 101 Å². The normalized spacial score (nSPS) is 34.2. The Labute approximate surface area is 418 Å². The molecule has 0 aromatic heterocycles. The summed E-state index contributed by atoms with van der Waals surface area (Å²) in [6, 6.07) is 7.31. The van der Waals surface area contributed by atoms with Gasteiger partial charge in [-0.15, -0.1) is 0 Å². The number of hydrogen-bond acceptors (Lipinski definition) is 17. The fraction of sp³-hybridized carbons (Fsp3) is 0.527. The summed E-state index contributed by atoms with van der Waals surface area (Å²) in [7, 11) is 1.29. The van der Waals surface area contributed by atoms with Crippen molar-refractivity contribution >= 4 is 23.8 Å². The average Bonchev–Trinajstić information content (AvgIpc) is 3.48. The lowest BCUT2D eigenvalue weighted by Gasteiger charge is -2.66. The van der Waals surface area contributed by atoms with E-state index in [1.807, 2.05) is 60.6 Å². The third-order valence-corrected chi connectivity index (χ3v) is 15.9. The highest BCUT2D eigenvalue weighted by atomic mass is 16.7. The van der Waals surface area contributed by atoms with E-state index in [-0.39, 0.29) is 46.2 Å². The molecule has 3 saturated carbocycles. The van der Waals surface area contributed by atoms with Crippen molar-refractivity contribution in [3.63, 3.8) is 0 Å². The molecule has 13 atom stereocenters. The van der Waals surface area contributed by atoms with Gasteiger partial charge in [0.1, 0.15) is 53.1 Å². The fourth-order valence-electron chi connectivity index (χ4n) is 12.5. The van der Waals surface area contributed by atoms with E-state index in [0.29, 0.717) is 53.9 Å². The number of allylic oxidation sites excluding steroid dienone is 5. The molecular formula is C55H65N3O14. The molecule has 2 aromatic rings. The van der Waals surface area contributed by atoms with Crippen LogP contribution >= 0.6 is 0 Å². The first-order valence-electron chi connectivity index (χ1n) is 24.6. The minimum atomic E-state index is -1.66. The van der Waals surface area contributed by atoms with Crippen molar-refractivity contribution in [3.8, 4) is 29.1 Å². The highest BCUT2D eigenvalue weighted by molar-refractivity contribution is 5.97. The monoisotopic (exact) mass is 991 g/mol. The summed E-state index contributed by atoms with van der Waals surface area (Å²) in [5.41, 5.74) is 6.29. The Morgan fingerprint density at radius 3 is 2.33 bits per heavy atom. The zero-order valence-electron chi connectivity index (χ0n) is 42.1. The highest BCUT2D eigenvalue weighted by Crippen LogP contribution is 2.75. The largest absolute Gasteiger partial charge is 0.482 e. The van der Waals surface area contributed by atoms with Gasteiger partial charge in [-0.05, 0) is 117 Å². The van der Waals surface area contributed by atoms with Crippen LogP contribution in [0.4, 0.5) is 0 Å². The van der Waals surface area contributed by atoms with E-state index in [1.54, 1.807) is 13.0 Å². The van der Waals surface area contributed by atoms with Crippen LogP contribution < -0.4 is 30.0 Å². The van der Waals surface area contributed by atoms with Crippen molar-refractivity contribution < 1.29 is 68.0 Å². The van der Waals surface area contributed by atoms with Crippen LogP contribution in [0.1, 0.15) is 114 Å². The van der Waals surface area contributed by atoms with Gasteiger partial charge in [0, 0.05) is 41.2 Å². The Bertz CT molecular complexity index is 2780. The van der Waals surface area contributed by atoms with Crippen molar-refractivity contribution in [3.05, 3.63) is 98.9 Å². The van der Waals surface area contributed by atoms with Gasteiger partial charge in [0.05, 0.1) is 53.7 Å². The summed E-state index contributed by atoms with van der Waals surface area (Å²) in [6.07, 6.45) is 4.12. The van der Waals surface area contributed by atoms with Gasteiger partial charge >= 0.3 is 11.9 Å². The standard InChI is InChI=1S/C55H65N3O14/c1-26(2)11-10-20-53(8)21-19-32-44(70-53)31(17-12-27(3)4)46-38(45(32)69-50(65)29-13-15-30(16-14-29)67-51-43(62)42(61)41(60)35(25-59)68-51)40-39-37(34(24-56)48(57)58-40)33-23-36-52(6,7)72-54(47(33)63,55(36,39)71-46)22-18-28(5)49(64)66-9/h11-16,18-19,21,33,35-37,39-43,51,58-62H,10,17,20,22-23,25,57H2,1-9H3/b28-18-/t33?,35-,36?,37?,39?,40?,41-,42+,43-,51-,53?,54?,55?/m0/s1. The van der Waals surface area contributed by atoms with Crippen molar-refractivity contribution in [2.24, 2.45) is 29.4 Å². The Hall–Kier alpha value is -6.00. The zero-order valence-corrected chi connectivity index (χ0v) is 42.1. The molecule has 384 valence electrons. The second kappa shape index (κ2) is 18.5. The van der Waals surface area contributed by atoms with E-state index in [2.05, 4.69) is 23.5 Å². The molecule has 2 aromatic carbocycles. The lowest BCUT2D eigenvalue weighted by Crippen LogP contribution is -2.80. The molecule has 8 unspecified atom stereocenters. The van der Waals surface area contributed by atoms with Gasteiger partial charge in [0.2, 0.25) is 6.29 Å². The summed E-state index contributed by atoms with van der Waals surface area (Å²) >= 11 is 0. The molecule has 7 N–H and O–H groups in total. The second-order valence-corrected chi connectivity index (χ2v) is 21.5. The number of nitrogens with zero attached hydrogens (tertiary/aromatic N) is 1. The molecule has 0 amide bonds. The summed E-state index contributed by atoms with van der Waals surface area (Å²) in [6.45, 7) is 14.9. The number of benzene rings is 2. The number of ether oxygens (including phenoxy) is 7. The predicted octanol–water partition coefficient (Wildman–Crippen LogP) is 5.48. The number of Topliss-reactive ketones (excluding diaryl/α,β-unsaturated/α-hetero) is 1. The number of hydrogen-bond donors (Lipinski definition) is 6.